The van der Waals surface area contributed by atoms with E-state index in [-0.39, 0.29) is 0 Å². The van der Waals surface area contributed by atoms with E-state index in [1.54, 1.807) is 6.20 Å². The van der Waals surface area contributed by atoms with Crippen LogP contribution in [0.1, 0.15) is 32.4 Å². The third-order valence-electron chi connectivity index (χ3n) is 2.81. The fourth-order valence-corrected chi connectivity index (χ4v) is 2.20. The van der Waals surface area contributed by atoms with Gasteiger partial charge in [-0.25, -0.2) is 0 Å². The Labute approximate surface area is 97.1 Å². The molecule has 0 fully saturated rings. The minimum Gasteiger partial charge on any atom is -0.317 e. The average Bonchev–Trinajstić information content (AvgIpc) is 2.20. The summed E-state index contributed by atoms with van der Waals surface area (Å²) in [5.41, 5.74) is 0.996. The van der Waals surface area contributed by atoms with Gasteiger partial charge in [0, 0.05) is 18.2 Å². The van der Waals surface area contributed by atoms with Gasteiger partial charge in [0.15, 0.2) is 0 Å². The van der Waals surface area contributed by atoms with Crippen molar-refractivity contribution < 1.29 is 0 Å². The quantitative estimate of drug-likeness (QED) is 0.854. The van der Waals surface area contributed by atoms with Gasteiger partial charge in [0.1, 0.15) is 0 Å². The van der Waals surface area contributed by atoms with E-state index < -0.39 is 0 Å². The smallest absolute Gasteiger partial charge is 0.0638 e. The molecular weight excluding hydrogens is 208 g/mol. The zero-order valence-corrected chi connectivity index (χ0v) is 10.5. The summed E-state index contributed by atoms with van der Waals surface area (Å²) >= 11 is 6.17. The first-order chi connectivity index (χ1) is 7.07. The molecule has 1 aromatic rings. The highest BCUT2D eigenvalue weighted by molar-refractivity contribution is 6.31. The van der Waals surface area contributed by atoms with Gasteiger partial charge in [-0.1, -0.05) is 25.4 Å². The first kappa shape index (κ1) is 12.5. The molecule has 0 radical (unpaired) electrons. The molecule has 2 unspecified atom stereocenters. The second-order valence-corrected chi connectivity index (χ2v) is 4.62. The summed E-state index contributed by atoms with van der Waals surface area (Å²) in [6.45, 7) is 6.56. The Morgan fingerprint density at radius 1 is 1.33 bits per heavy atom. The van der Waals surface area contributed by atoms with Crippen molar-refractivity contribution in [3.8, 4) is 0 Å². The van der Waals surface area contributed by atoms with Crippen LogP contribution in [0.3, 0.4) is 0 Å². The Bertz CT molecular complexity index is 312. The largest absolute Gasteiger partial charge is 0.317 e. The fraction of sp³-hybridized carbons (Fsp3) is 0.583. The molecule has 0 amide bonds. The van der Waals surface area contributed by atoms with Crippen molar-refractivity contribution in [1.82, 2.24) is 10.3 Å². The first-order valence-electron chi connectivity index (χ1n) is 5.35. The number of likely N-dealkylation sites (N-methyl/N-ethyl adjacent to an activating group) is 1. The number of hydrogen-bond acceptors (Lipinski definition) is 2. The van der Waals surface area contributed by atoms with Crippen LogP contribution >= 0.6 is 11.6 Å². The van der Waals surface area contributed by atoms with Gasteiger partial charge >= 0.3 is 0 Å². The van der Waals surface area contributed by atoms with E-state index >= 15 is 0 Å². The topological polar surface area (TPSA) is 24.9 Å². The van der Waals surface area contributed by atoms with E-state index in [2.05, 4.69) is 31.1 Å². The molecule has 0 spiro atoms. The second kappa shape index (κ2) is 5.47. The number of pyridine rings is 1. The van der Waals surface area contributed by atoms with Gasteiger partial charge in [-0.3, -0.25) is 4.98 Å². The van der Waals surface area contributed by atoms with Crippen molar-refractivity contribution in [3.05, 3.63) is 29.0 Å². The summed E-state index contributed by atoms with van der Waals surface area (Å²) in [4.78, 5) is 4.40. The lowest BCUT2D eigenvalue weighted by atomic mass is 9.86. The zero-order valence-electron chi connectivity index (χ0n) is 9.79. The van der Waals surface area contributed by atoms with Gasteiger partial charge in [0.05, 0.1) is 10.7 Å². The predicted molar refractivity (Wildman–Crippen MR) is 65.3 cm³/mol. The minimum absolute atomic E-state index is 0.351. The molecule has 0 aliphatic rings. The van der Waals surface area contributed by atoms with Gasteiger partial charge in [-0.2, -0.15) is 0 Å². The number of aromatic nitrogens is 1. The SMILES string of the molecule is CNC(C)C(c1ncccc1Cl)C(C)C. The Morgan fingerprint density at radius 3 is 2.47 bits per heavy atom. The molecule has 1 aromatic heterocycles. The minimum atomic E-state index is 0.351. The molecule has 0 aliphatic heterocycles. The van der Waals surface area contributed by atoms with Crippen LogP contribution in [-0.4, -0.2) is 18.1 Å². The Morgan fingerprint density at radius 2 is 2.00 bits per heavy atom. The lowest BCUT2D eigenvalue weighted by molar-refractivity contribution is 0.388. The summed E-state index contributed by atoms with van der Waals surface area (Å²) in [6, 6.07) is 4.15. The summed E-state index contributed by atoms with van der Waals surface area (Å²) in [6.07, 6.45) is 1.80. The number of nitrogens with one attached hydrogen (secondary N) is 1. The van der Waals surface area contributed by atoms with E-state index in [0.717, 1.165) is 10.7 Å². The first-order valence-corrected chi connectivity index (χ1v) is 5.73. The summed E-state index contributed by atoms with van der Waals surface area (Å²) in [7, 11) is 1.97. The summed E-state index contributed by atoms with van der Waals surface area (Å²) in [5.74, 6) is 0.864. The third-order valence-corrected chi connectivity index (χ3v) is 3.13. The zero-order chi connectivity index (χ0) is 11.4. The molecule has 1 heterocycles. The van der Waals surface area contributed by atoms with Gasteiger partial charge in [-0.15, -0.1) is 0 Å². The van der Waals surface area contributed by atoms with Crippen LogP contribution in [0.25, 0.3) is 0 Å². The van der Waals surface area contributed by atoms with Crippen LogP contribution in [0, 0.1) is 5.92 Å². The molecule has 0 aromatic carbocycles. The fourth-order valence-electron chi connectivity index (χ4n) is 1.95. The number of nitrogens with zero attached hydrogens (tertiary/aromatic N) is 1. The van der Waals surface area contributed by atoms with Gasteiger partial charge < -0.3 is 5.32 Å². The maximum atomic E-state index is 6.17. The highest BCUT2D eigenvalue weighted by Gasteiger charge is 2.24. The highest BCUT2D eigenvalue weighted by atomic mass is 35.5. The molecule has 2 nitrogen and oxygen atoms in total. The van der Waals surface area contributed by atoms with Gasteiger partial charge in [-0.05, 0) is 32.0 Å². The maximum Gasteiger partial charge on any atom is 0.0638 e. The lowest BCUT2D eigenvalue weighted by Gasteiger charge is -2.27. The van der Waals surface area contributed by atoms with E-state index in [0.29, 0.717) is 17.9 Å². The molecule has 15 heavy (non-hydrogen) atoms. The predicted octanol–water partition coefficient (Wildman–Crippen LogP) is 3.08. The highest BCUT2D eigenvalue weighted by Crippen LogP contribution is 2.30. The van der Waals surface area contributed by atoms with Crippen LogP contribution in [0.15, 0.2) is 18.3 Å². The second-order valence-electron chi connectivity index (χ2n) is 4.22. The van der Waals surface area contributed by atoms with E-state index in [4.69, 9.17) is 11.6 Å². The molecular formula is C12H19ClN2. The monoisotopic (exact) mass is 226 g/mol. The normalized spacial score (nSPS) is 15.3. The van der Waals surface area contributed by atoms with E-state index in [1.165, 1.54) is 0 Å². The third kappa shape index (κ3) is 2.93. The summed E-state index contributed by atoms with van der Waals surface area (Å²) < 4.78 is 0. The molecule has 0 aliphatic carbocycles. The Balaban J connectivity index is 3.04. The molecule has 3 heteroatoms. The van der Waals surface area contributed by atoms with Crippen molar-refractivity contribution >= 4 is 11.6 Å². The maximum absolute atomic E-state index is 6.17. The molecule has 1 rings (SSSR count). The van der Waals surface area contributed by atoms with Crippen LogP contribution in [0.2, 0.25) is 5.02 Å². The lowest BCUT2D eigenvalue weighted by Crippen LogP contribution is -2.32. The van der Waals surface area contributed by atoms with Gasteiger partial charge in [0.2, 0.25) is 0 Å². The van der Waals surface area contributed by atoms with Crippen LogP contribution < -0.4 is 5.32 Å². The van der Waals surface area contributed by atoms with Crippen LogP contribution in [0.5, 0.6) is 0 Å². The van der Waals surface area contributed by atoms with E-state index in [1.807, 2.05) is 19.2 Å². The van der Waals surface area contributed by atoms with Crippen molar-refractivity contribution in [1.29, 1.82) is 0 Å². The van der Waals surface area contributed by atoms with Crippen molar-refractivity contribution in [2.75, 3.05) is 7.05 Å². The molecule has 1 N–H and O–H groups in total. The van der Waals surface area contributed by atoms with Crippen molar-refractivity contribution in [3.63, 3.8) is 0 Å². The molecule has 0 saturated carbocycles. The number of hydrogen-bond donors (Lipinski definition) is 1. The molecule has 0 saturated heterocycles. The standard InChI is InChI=1S/C12H19ClN2/c1-8(2)11(9(3)14-4)12-10(13)6-5-7-15-12/h5-9,11,14H,1-4H3. The molecule has 2 atom stereocenters. The van der Waals surface area contributed by atoms with Crippen molar-refractivity contribution in [2.24, 2.45) is 5.92 Å². The number of rotatable bonds is 4. The Kier molecular flexibility index (Phi) is 4.55. The average molecular weight is 227 g/mol. The van der Waals surface area contributed by atoms with Gasteiger partial charge in [0.25, 0.3) is 0 Å². The Hall–Kier alpha value is -0.600. The molecule has 0 bridgehead atoms. The van der Waals surface area contributed by atoms with Crippen LogP contribution in [-0.2, 0) is 0 Å². The van der Waals surface area contributed by atoms with Crippen LogP contribution in [0.4, 0.5) is 0 Å². The summed E-state index contributed by atoms with van der Waals surface area (Å²) in [5, 5.41) is 4.04. The van der Waals surface area contributed by atoms with E-state index in [9.17, 15) is 0 Å². The number of halogens is 1. The van der Waals surface area contributed by atoms with Crippen molar-refractivity contribution in [2.45, 2.75) is 32.7 Å². The molecule has 84 valence electrons.